The van der Waals surface area contributed by atoms with Gasteiger partial charge in [-0.15, -0.1) is 0 Å². The number of benzene rings is 1. The van der Waals surface area contributed by atoms with Gasteiger partial charge in [0.2, 0.25) is 11.9 Å². The Labute approximate surface area is 232 Å². The fourth-order valence-corrected chi connectivity index (χ4v) is 5.62. The van der Waals surface area contributed by atoms with Gasteiger partial charge in [0.15, 0.2) is 0 Å². The number of hydrogen-bond donors (Lipinski definition) is 1. The number of fused-ring (bicyclic) bond motifs is 1. The number of nitrogens with zero attached hydrogens (tertiary/aromatic N) is 7. The van der Waals surface area contributed by atoms with Crippen LogP contribution in [0.25, 0.3) is 10.9 Å². The van der Waals surface area contributed by atoms with E-state index in [-0.39, 0.29) is 11.8 Å². The van der Waals surface area contributed by atoms with Crippen molar-refractivity contribution in [3.8, 4) is 0 Å². The molecule has 0 aliphatic carbocycles. The number of aromatic nitrogens is 4. The lowest BCUT2D eigenvalue weighted by Crippen LogP contribution is -2.52. The van der Waals surface area contributed by atoms with Gasteiger partial charge < -0.3 is 20.0 Å². The molecule has 2 aliphatic rings. The predicted octanol–water partition coefficient (Wildman–Crippen LogP) is 4.25. The molecule has 0 spiro atoms. The smallest absolute Gasteiger partial charge is 0.227 e. The fourth-order valence-electron chi connectivity index (χ4n) is 5.42. The van der Waals surface area contributed by atoms with Gasteiger partial charge in [-0.2, -0.15) is 0 Å². The van der Waals surface area contributed by atoms with Gasteiger partial charge in [0.1, 0.15) is 11.6 Å². The summed E-state index contributed by atoms with van der Waals surface area (Å²) in [7, 11) is 0. The Morgan fingerprint density at radius 2 is 1.77 bits per heavy atom. The summed E-state index contributed by atoms with van der Waals surface area (Å²) in [5.41, 5.74) is 1.80. The molecule has 5 heterocycles. The lowest BCUT2D eigenvalue weighted by Gasteiger charge is -2.39. The maximum absolute atomic E-state index is 13.5. The molecule has 3 aromatic heterocycles. The highest BCUT2D eigenvalue weighted by Gasteiger charge is 2.32. The average Bonchev–Trinajstić information content (AvgIpc) is 3.00. The first-order chi connectivity index (χ1) is 19.2. The third-order valence-corrected chi connectivity index (χ3v) is 7.89. The Kier molecular flexibility index (Phi) is 7.40. The number of nitrogens with one attached hydrogen (secondary N) is 1. The summed E-state index contributed by atoms with van der Waals surface area (Å²) in [6.45, 7) is 5.08. The second kappa shape index (κ2) is 11.4. The lowest BCUT2D eigenvalue weighted by atomic mass is 9.96. The molecule has 1 aromatic carbocycles. The minimum atomic E-state index is -0.0466. The minimum Gasteiger partial charge on any atom is -0.355 e. The predicted molar refractivity (Wildman–Crippen MR) is 154 cm³/mol. The molecular formula is C29H31ClN8O. The van der Waals surface area contributed by atoms with Crippen molar-refractivity contribution in [1.29, 1.82) is 0 Å². The standard InChI is InChI=1S/C29H31ClN8O/c30-24-8-2-1-6-21(24)18-33-29-34-19-23-25(35-29)10-12-32-27(23)38-13-5-7-22(20-38)28(39)37-16-14-36(15-17-37)26-9-3-4-11-31-26/h1-4,6,8-12,19,22H,5,7,13-18,20H2,(H,33,34,35). The van der Waals surface area contributed by atoms with Gasteiger partial charge in [0.05, 0.1) is 16.8 Å². The maximum Gasteiger partial charge on any atom is 0.227 e. The zero-order valence-corrected chi connectivity index (χ0v) is 22.5. The minimum absolute atomic E-state index is 0.0466. The molecule has 2 fully saturated rings. The Morgan fingerprint density at radius 3 is 2.59 bits per heavy atom. The second-order valence-corrected chi connectivity index (χ2v) is 10.4. The van der Waals surface area contributed by atoms with E-state index in [0.29, 0.717) is 24.1 Å². The summed E-state index contributed by atoms with van der Waals surface area (Å²) in [5, 5.41) is 4.86. The van der Waals surface area contributed by atoms with Gasteiger partial charge in [-0.1, -0.05) is 35.9 Å². The van der Waals surface area contributed by atoms with Crippen LogP contribution in [0.2, 0.25) is 5.02 Å². The zero-order chi connectivity index (χ0) is 26.6. The molecular weight excluding hydrogens is 512 g/mol. The molecule has 1 unspecified atom stereocenters. The van der Waals surface area contributed by atoms with Crippen molar-refractivity contribution >= 4 is 46.0 Å². The van der Waals surface area contributed by atoms with Crippen LogP contribution >= 0.6 is 11.6 Å². The first kappa shape index (κ1) is 25.3. The number of halogens is 1. The van der Waals surface area contributed by atoms with E-state index >= 15 is 0 Å². The molecule has 200 valence electrons. The van der Waals surface area contributed by atoms with Gasteiger partial charge in [-0.05, 0) is 42.7 Å². The molecule has 10 heteroatoms. The van der Waals surface area contributed by atoms with Crippen LogP contribution in [0.15, 0.2) is 67.1 Å². The van der Waals surface area contributed by atoms with E-state index < -0.39 is 0 Å². The Balaban J connectivity index is 1.11. The van der Waals surface area contributed by atoms with E-state index in [4.69, 9.17) is 16.6 Å². The summed E-state index contributed by atoms with van der Waals surface area (Å²) >= 11 is 6.28. The molecule has 2 saturated heterocycles. The normalized spacial score (nSPS) is 17.9. The molecule has 0 bridgehead atoms. The summed E-state index contributed by atoms with van der Waals surface area (Å²) in [6, 6.07) is 15.6. The maximum atomic E-state index is 13.5. The summed E-state index contributed by atoms with van der Waals surface area (Å²) < 4.78 is 0. The van der Waals surface area contributed by atoms with Gasteiger partial charge in [-0.25, -0.2) is 19.9 Å². The summed E-state index contributed by atoms with van der Waals surface area (Å²) in [5.74, 6) is 2.54. The van der Waals surface area contributed by atoms with Crippen molar-refractivity contribution in [2.45, 2.75) is 19.4 Å². The third-order valence-electron chi connectivity index (χ3n) is 7.52. The van der Waals surface area contributed by atoms with Gasteiger partial charge >= 0.3 is 0 Å². The Bertz CT molecular complexity index is 1440. The first-order valence-electron chi connectivity index (χ1n) is 13.4. The monoisotopic (exact) mass is 542 g/mol. The van der Waals surface area contributed by atoms with Crippen molar-refractivity contribution in [3.63, 3.8) is 0 Å². The van der Waals surface area contributed by atoms with Crippen molar-refractivity contribution in [3.05, 3.63) is 77.7 Å². The molecule has 1 N–H and O–H groups in total. The van der Waals surface area contributed by atoms with Gasteiger partial charge in [0, 0.05) is 69.4 Å². The van der Waals surface area contributed by atoms with Gasteiger partial charge in [0.25, 0.3) is 0 Å². The SMILES string of the molecule is O=C(C1CCCN(c2nccc3nc(NCc4ccccc4Cl)ncc23)C1)N1CCN(c2ccccn2)CC1. The van der Waals surface area contributed by atoms with E-state index in [2.05, 4.69) is 30.1 Å². The average molecular weight is 543 g/mol. The van der Waals surface area contributed by atoms with Crippen molar-refractivity contribution in [2.75, 3.05) is 54.4 Å². The number of piperidine rings is 1. The lowest BCUT2D eigenvalue weighted by molar-refractivity contribution is -0.136. The number of hydrogen-bond acceptors (Lipinski definition) is 8. The van der Waals surface area contributed by atoms with Crippen LogP contribution in [0.4, 0.5) is 17.6 Å². The number of carbonyl (C=O) groups is 1. The van der Waals surface area contributed by atoms with Crippen LogP contribution in [-0.4, -0.2) is 70.0 Å². The molecule has 1 amide bonds. The van der Waals surface area contributed by atoms with Crippen LogP contribution < -0.4 is 15.1 Å². The Hall–Kier alpha value is -3.98. The van der Waals surface area contributed by atoms with Crippen LogP contribution in [0.1, 0.15) is 18.4 Å². The first-order valence-corrected chi connectivity index (χ1v) is 13.8. The highest BCUT2D eigenvalue weighted by atomic mass is 35.5. The van der Waals surface area contributed by atoms with Crippen LogP contribution in [0, 0.1) is 5.92 Å². The quantitative estimate of drug-likeness (QED) is 0.387. The zero-order valence-electron chi connectivity index (χ0n) is 21.7. The molecule has 4 aromatic rings. The van der Waals surface area contributed by atoms with Gasteiger partial charge in [-0.3, -0.25) is 4.79 Å². The number of amides is 1. The molecule has 0 radical (unpaired) electrons. The van der Waals surface area contributed by atoms with E-state index in [9.17, 15) is 4.79 Å². The van der Waals surface area contributed by atoms with E-state index in [0.717, 1.165) is 73.7 Å². The highest BCUT2D eigenvalue weighted by Crippen LogP contribution is 2.29. The fraction of sp³-hybridized carbons (Fsp3) is 0.345. The van der Waals surface area contributed by atoms with Crippen molar-refractivity contribution in [2.24, 2.45) is 5.92 Å². The number of piperazine rings is 1. The van der Waals surface area contributed by atoms with Crippen LogP contribution in [0.5, 0.6) is 0 Å². The number of anilines is 3. The topological polar surface area (TPSA) is 90.4 Å². The summed E-state index contributed by atoms with van der Waals surface area (Å²) in [6.07, 6.45) is 7.26. The summed E-state index contributed by atoms with van der Waals surface area (Å²) in [4.78, 5) is 38.4. The number of pyridine rings is 2. The van der Waals surface area contributed by atoms with Crippen molar-refractivity contribution in [1.82, 2.24) is 24.8 Å². The molecule has 0 saturated carbocycles. The number of rotatable bonds is 6. The molecule has 1 atom stereocenters. The highest BCUT2D eigenvalue weighted by molar-refractivity contribution is 6.31. The largest absolute Gasteiger partial charge is 0.355 e. The molecule has 6 rings (SSSR count). The molecule has 9 nitrogen and oxygen atoms in total. The number of carbonyl (C=O) groups excluding carboxylic acids is 1. The van der Waals surface area contributed by atoms with Crippen molar-refractivity contribution < 1.29 is 4.79 Å². The molecule has 39 heavy (non-hydrogen) atoms. The van der Waals surface area contributed by atoms with Crippen LogP contribution in [0.3, 0.4) is 0 Å². The van der Waals surface area contributed by atoms with E-state index in [1.807, 2.05) is 65.8 Å². The van der Waals surface area contributed by atoms with E-state index in [1.54, 1.807) is 6.20 Å². The third kappa shape index (κ3) is 5.59. The second-order valence-electron chi connectivity index (χ2n) is 9.99. The van der Waals surface area contributed by atoms with E-state index in [1.165, 1.54) is 0 Å². The van der Waals surface area contributed by atoms with Crippen LogP contribution in [-0.2, 0) is 11.3 Å². The Morgan fingerprint density at radius 1 is 0.923 bits per heavy atom. The molecule has 2 aliphatic heterocycles.